The van der Waals surface area contributed by atoms with Crippen molar-refractivity contribution in [2.45, 2.75) is 13.0 Å². The van der Waals surface area contributed by atoms with Gasteiger partial charge in [0.25, 0.3) is 0 Å². The van der Waals surface area contributed by atoms with Crippen molar-refractivity contribution in [2.24, 2.45) is 0 Å². The third kappa shape index (κ3) is 4.53. The van der Waals surface area contributed by atoms with Crippen LogP contribution in [0.1, 0.15) is 6.42 Å². The van der Waals surface area contributed by atoms with Gasteiger partial charge in [-0.2, -0.15) is 5.10 Å². The second kappa shape index (κ2) is 8.32. The first kappa shape index (κ1) is 19.1. The molecular weight excluding hydrogens is 391 g/mol. The van der Waals surface area contributed by atoms with Gasteiger partial charge >= 0.3 is 0 Å². The number of anilines is 1. The minimum Gasteiger partial charge on any atom is -0.497 e. The second-order valence-electron chi connectivity index (χ2n) is 5.65. The number of hydrogen-bond acceptors (Lipinski definition) is 4. The van der Waals surface area contributed by atoms with Crippen LogP contribution < -0.4 is 10.1 Å². The molecule has 0 aliphatic rings. The molecule has 0 radical (unpaired) electrons. The lowest BCUT2D eigenvalue weighted by atomic mass is 10.2. The van der Waals surface area contributed by atoms with E-state index in [0.717, 1.165) is 17.4 Å². The fourth-order valence-corrected chi connectivity index (χ4v) is 2.88. The molecule has 2 N–H and O–H groups in total. The largest absolute Gasteiger partial charge is 0.497 e. The van der Waals surface area contributed by atoms with Crippen LogP contribution in [0.15, 0.2) is 42.5 Å². The summed E-state index contributed by atoms with van der Waals surface area (Å²) in [7, 11) is 1.59. The molecule has 3 rings (SSSR count). The second-order valence-corrected chi connectivity index (χ2v) is 6.48. The summed E-state index contributed by atoms with van der Waals surface area (Å²) < 4.78 is 21.0. The monoisotopic (exact) mass is 406 g/mol. The third-order valence-electron chi connectivity index (χ3n) is 3.87. The van der Waals surface area contributed by atoms with E-state index < -0.39 is 5.82 Å². The first-order valence-corrected chi connectivity index (χ1v) is 8.81. The number of hydrogen-bond donors (Lipinski definition) is 2. The van der Waals surface area contributed by atoms with Crippen molar-refractivity contribution in [1.82, 2.24) is 14.8 Å². The van der Waals surface area contributed by atoms with Crippen molar-refractivity contribution < 1.29 is 13.9 Å². The molecule has 0 atom stereocenters. The van der Waals surface area contributed by atoms with E-state index in [2.05, 4.69) is 15.5 Å². The van der Waals surface area contributed by atoms with Crippen LogP contribution in [-0.4, -0.2) is 27.8 Å². The molecule has 1 heterocycles. The van der Waals surface area contributed by atoms with E-state index >= 15 is 0 Å². The average molecular weight is 407 g/mol. The first-order chi connectivity index (χ1) is 13.0. The average Bonchev–Trinajstić information content (AvgIpc) is 3.03. The van der Waals surface area contributed by atoms with Crippen LogP contribution in [0.4, 0.5) is 10.1 Å². The SMILES string of the molecule is COc1ccc(-c2n[nH]c(=S)n2CCC(=O)Nc2ccc(Cl)cc2F)cc1. The van der Waals surface area contributed by atoms with Gasteiger partial charge in [-0.05, 0) is 54.7 Å². The van der Waals surface area contributed by atoms with Gasteiger partial charge in [0, 0.05) is 23.6 Å². The number of amides is 1. The number of benzene rings is 2. The molecular formula is C18H16ClFN4O2S. The van der Waals surface area contributed by atoms with E-state index in [1.807, 2.05) is 24.3 Å². The van der Waals surface area contributed by atoms with Crippen LogP contribution in [0.3, 0.4) is 0 Å². The molecule has 2 aromatic carbocycles. The van der Waals surface area contributed by atoms with Gasteiger partial charge < -0.3 is 10.1 Å². The Morgan fingerprint density at radius 3 is 2.74 bits per heavy atom. The van der Waals surface area contributed by atoms with Crippen LogP contribution in [-0.2, 0) is 11.3 Å². The minimum atomic E-state index is -0.588. The quantitative estimate of drug-likeness (QED) is 0.594. The van der Waals surface area contributed by atoms with E-state index in [1.165, 1.54) is 12.1 Å². The summed E-state index contributed by atoms with van der Waals surface area (Å²) in [6, 6.07) is 11.4. The topological polar surface area (TPSA) is 71.9 Å². The Labute approximate surface area is 164 Å². The van der Waals surface area contributed by atoms with Gasteiger partial charge in [0.1, 0.15) is 11.6 Å². The van der Waals surface area contributed by atoms with Crippen LogP contribution in [0, 0.1) is 10.6 Å². The fourth-order valence-electron chi connectivity index (χ4n) is 2.50. The maximum absolute atomic E-state index is 13.8. The number of nitrogens with zero attached hydrogens (tertiary/aromatic N) is 2. The number of nitrogens with one attached hydrogen (secondary N) is 2. The van der Waals surface area contributed by atoms with Crippen LogP contribution in [0.25, 0.3) is 11.4 Å². The van der Waals surface area contributed by atoms with E-state index in [0.29, 0.717) is 10.6 Å². The predicted octanol–water partition coefficient (Wildman–Crippen LogP) is 4.44. The van der Waals surface area contributed by atoms with Crippen molar-refractivity contribution in [3.05, 3.63) is 58.1 Å². The van der Waals surface area contributed by atoms with Crippen LogP contribution in [0.2, 0.25) is 5.02 Å². The summed E-state index contributed by atoms with van der Waals surface area (Å²) in [5, 5.41) is 9.75. The molecule has 9 heteroatoms. The van der Waals surface area contributed by atoms with E-state index in [-0.39, 0.29) is 29.6 Å². The first-order valence-electron chi connectivity index (χ1n) is 8.02. The van der Waals surface area contributed by atoms with E-state index in [9.17, 15) is 9.18 Å². The van der Waals surface area contributed by atoms with E-state index in [1.54, 1.807) is 11.7 Å². The Morgan fingerprint density at radius 1 is 1.33 bits per heavy atom. The molecule has 0 unspecified atom stereocenters. The fraction of sp³-hybridized carbons (Fsp3) is 0.167. The molecule has 140 valence electrons. The summed E-state index contributed by atoms with van der Waals surface area (Å²) in [5.41, 5.74) is 0.905. The van der Waals surface area contributed by atoms with Crippen molar-refractivity contribution in [2.75, 3.05) is 12.4 Å². The molecule has 0 saturated carbocycles. The lowest BCUT2D eigenvalue weighted by molar-refractivity contribution is -0.116. The minimum absolute atomic E-state index is 0.0792. The number of carbonyl (C=O) groups excluding carboxylic acids is 1. The zero-order valence-corrected chi connectivity index (χ0v) is 15.9. The van der Waals surface area contributed by atoms with E-state index in [4.69, 9.17) is 28.6 Å². The molecule has 0 fully saturated rings. The van der Waals surface area contributed by atoms with Crippen molar-refractivity contribution in [1.29, 1.82) is 0 Å². The standard InChI is InChI=1S/C18H16ClFN4O2S/c1-26-13-5-2-11(3-6-13)17-22-23-18(27)24(17)9-8-16(25)21-15-7-4-12(19)10-14(15)20/h2-7,10H,8-9H2,1H3,(H,21,25)(H,23,27). The van der Waals surface area contributed by atoms with Gasteiger partial charge in [0.05, 0.1) is 12.8 Å². The Kier molecular flexibility index (Phi) is 5.88. The number of H-pyrrole nitrogens is 1. The highest BCUT2D eigenvalue weighted by Gasteiger charge is 2.12. The van der Waals surface area contributed by atoms with Crippen molar-refractivity contribution in [3.63, 3.8) is 0 Å². The van der Waals surface area contributed by atoms with Gasteiger partial charge in [0.15, 0.2) is 10.6 Å². The summed E-state index contributed by atoms with van der Waals surface area (Å²) >= 11 is 11.0. The van der Waals surface area contributed by atoms with Gasteiger partial charge in [-0.15, -0.1) is 0 Å². The van der Waals surface area contributed by atoms with Gasteiger partial charge in [-0.25, -0.2) is 4.39 Å². The summed E-state index contributed by atoms with van der Waals surface area (Å²) in [6.45, 7) is 0.289. The molecule has 1 aromatic heterocycles. The summed E-state index contributed by atoms with van der Waals surface area (Å²) in [4.78, 5) is 12.2. The molecule has 0 bridgehead atoms. The number of aromatic amines is 1. The molecule has 3 aromatic rings. The Morgan fingerprint density at radius 2 is 2.07 bits per heavy atom. The maximum atomic E-state index is 13.8. The maximum Gasteiger partial charge on any atom is 0.226 e. The zero-order chi connectivity index (χ0) is 19.4. The molecule has 0 aliphatic carbocycles. The third-order valence-corrected chi connectivity index (χ3v) is 4.42. The lowest BCUT2D eigenvalue weighted by Crippen LogP contribution is -2.16. The van der Waals surface area contributed by atoms with Crippen LogP contribution in [0.5, 0.6) is 5.75 Å². The number of aromatic nitrogens is 3. The van der Waals surface area contributed by atoms with Gasteiger partial charge in [0.2, 0.25) is 5.91 Å². The van der Waals surface area contributed by atoms with Crippen LogP contribution >= 0.6 is 23.8 Å². The highest BCUT2D eigenvalue weighted by molar-refractivity contribution is 7.71. The normalized spacial score (nSPS) is 10.6. The lowest BCUT2D eigenvalue weighted by Gasteiger charge is -2.09. The molecule has 0 spiro atoms. The highest BCUT2D eigenvalue weighted by Crippen LogP contribution is 2.22. The smallest absolute Gasteiger partial charge is 0.226 e. The highest BCUT2D eigenvalue weighted by atomic mass is 35.5. The van der Waals surface area contributed by atoms with Gasteiger partial charge in [-0.1, -0.05) is 11.6 Å². The number of ether oxygens (including phenoxy) is 1. The molecule has 6 nitrogen and oxygen atoms in total. The Hall–Kier alpha value is -2.71. The van der Waals surface area contributed by atoms with Crippen molar-refractivity contribution >= 4 is 35.4 Å². The number of methoxy groups -OCH3 is 1. The summed E-state index contributed by atoms with van der Waals surface area (Å²) in [5.74, 6) is 0.395. The van der Waals surface area contributed by atoms with Gasteiger partial charge in [-0.3, -0.25) is 14.5 Å². The predicted molar refractivity (Wildman–Crippen MR) is 104 cm³/mol. The zero-order valence-electron chi connectivity index (χ0n) is 14.3. The Balaban J connectivity index is 1.71. The molecule has 0 aliphatic heterocycles. The summed E-state index contributed by atoms with van der Waals surface area (Å²) in [6.07, 6.45) is 0.0963. The number of halogens is 2. The Bertz CT molecular complexity index is 1020. The van der Waals surface area contributed by atoms with Crippen molar-refractivity contribution in [3.8, 4) is 17.1 Å². The molecule has 1 amide bonds. The number of carbonyl (C=O) groups is 1. The number of rotatable bonds is 6. The molecule has 27 heavy (non-hydrogen) atoms. The molecule has 0 saturated heterocycles.